The normalized spacial score (nSPS) is 12.3. The second-order valence-corrected chi connectivity index (χ2v) is 5.09. The maximum absolute atomic E-state index is 5.61. The zero-order valence-corrected chi connectivity index (χ0v) is 12.5. The molecule has 1 atom stereocenters. The molecule has 2 rings (SSSR count). The zero-order chi connectivity index (χ0) is 14.9. The molecule has 5 nitrogen and oxygen atoms in total. The van der Waals surface area contributed by atoms with Gasteiger partial charge >= 0.3 is 0 Å². The highest BCUT2D eigenvalue weighted by Gasteiger charge is 2.10. The molecule has 0 spiro atoms. The van der Waals surface area contributed by atoms with Crippen molar-refractivity contribution >= 4 is 5.69 Å². The number of hydrogen-bond acceptors (Lipinski definition) is 4. The van der Waals surface area contributed by atoms with Gasteiger partial charge in [0, 0.05) is 31.2 Å². The van der Waals surface area contributed by atoms with Crippen molar-refractivity contribution in [3.63, 3.8) is 0 Å². The topological polar surface area (TPSA) is 65.1 Å². The summed E-state index contributed by atoms with van der Waals surface area (Å²) in [6.45, 7) is 2.14. The lowest BCUT2D eigenvalue weighted by molar-refractivity contribution is 0.182. The number of nitrogens with zero attached hydrogens (tertiary/aromatic N) is 2. The highest BCUT2D eigenvalue weighted by atomic mass is 16.5. The van der Waals surface area contributed by atoms with E-state index in [9.17, 15) is 0 Å². The van der Waals surface area contributed by atoms with Gasteiger partial charge in [-0.1, -0.05) is 18.2 Å². The standard InChI is InChI=1S/C16H24N4O/c1-21-13-15(7-4-9-17)19-16-8-3-2-6-14(16)12-20-11-5-10-18-20/h2-3,5-6,8,10-11,15,19H,4,7,9,12-13,17H2,1H3. The number of para-hydroxylation sites is 1. The molecule has 0 fully saturated rings. The maximum atomic E-state index is 5.61. The molecule has 114 valence electrons. The second-order valence-electron chi connectivity index (χ2n) is 5.09. The number of hydrogen-bond donors (Lipinski definition) is 2. The minimum atomic E-state index is 0.275. The quantitative estimate of drug-likeness (QED) is 0.741. The van der Waals surface area contributed by atoms with Crippen LogP contribution in [0.1, 0.15) is 18.4 Å². The number of anilines is 1. The van der Waals surface area contributed by atoms with Crippen LogP contribution in [0.5, 0.6) is 0 Å². The zero-order valence-electron chi connectivity index (χ0n) is 12.5. The monoisotopic (exact) mass is 288 g/mol. The van der Waals surface area contributed by atoms with Crippen LogP contribution in [-0.4, -0.2) is 36.1 Å². The van der Waals surface area contributed by atoms with Gasteiger partial charge < -0.3 is 15.8 Å². The van der Waals surface area contributed by atoms with E-state index in [-0.39, 0.29) is 6.04 Å². The summed E-state index contributed by atoms with van der Waals surface area (Å²) in [6.07, 6.45) is 5.76. The van der Waals surface area contributed by atoms with Crippen LogP contribution >= 0.6 is 0 Å². The van der Waals surface area contributed by atoms with E-state index >= 15 is 0 Å². The van der Waals surface area contributed by atoms with Gasteiger partial charge in [-0.05, 0) is 37.1 Å². The van der Waals surface area contributed by atoms with E-state index in [1.807, 2.05) is 23.0 Å². The van der Waals surface area contributed by atoms with E-state index in [0.717, 1.165) is 25.1 Å². The van der Waals surface area contributed by atoms with Crippen LogP contribution in [0.2, 0.25) is 0 Å². The van der Waals surface area contributed by atoms with E-state index in [1.54, 1.807) is 13.3 Å². The lowest BCUT2D eigenvalue weighted by Crippen LogP contribution is -2.26. The summed E-state index contributed by atoms with van der Waals surface area (Å²) in [4.78, 5) is 0. The van der Waals surface area contributed by atoms with Crippen LogP contribution < -0.4 is 11.1 Å². The van der Waals surface area contributed by atoms with Gasteiger partial charge in [0.2, 0.25) is 0 Å². The van der Waals surface area contributed by atoms with Gasteiger partial charge in [0.1, 0.15) is 0 Å². The van der Waals surface area contributed by atoms with Crippen molar-refractivity contribution in [2.45, 2.75) is 25.4 Å². The number of nitrogens with one attached hydrogen (secondary N) is 1. The van der Waals surface area contributed by atoms with Gasteiger partial charge in [0.05, 0.1) is 13.2 Å². The number of nitrogens with two attached hydrogens (primary N) is 1. The third-order valence-electron chi connectivity index (χ3n) is 3.39. The molecule has 1 aromatic heterocycles. The Labute approximate surface area is 126 Å². The summed E-state index contributed by atoms with van der Waals surface area (Å²) >= 11 is 0. The Morgan fingerprint density at radius 2 is 2.19 bits per heavy atom. The Hall–Kier alpha value is -1.85. The third-order valence-corrected chi connectivity index (χ3v) is 3.39. The van der Waals surface area contributed by atoms with Crippen LogP contribution in [0.4, 0.5) is 5.69 Å². The van der Waals surface area contributed by atoms with E-state index < -0.39 is 0 Å². The predicted octanol–water partition coefficient (Wildman–Crippen LogP) is 2.10. The second kappa shape index (κ2) is 8.44. The number of benzene rings is 1. The van der Waals surface area contributed by atoms with Crippen molar-refractivity contribution in [3.05, 3.63) is 48.3 Å². The largest absolute Gasteiger partial charge is 0.383 e. The maximum Gasteiger partial charge on any atom is 0.0679 e. The van der Waals surface area contributed by atoms with Crippen molar-refractivity contribution in [1.82, 2.24) is 9.78 Å². The van der Waals surface area contributed by atoms with Crippen molar-refractivity contribution in [1.29, 1.82) is 0 Å². The van der Waals surface area contributed by atoms with Gasteiger partial charge in [-0.25, -0.2) is 0 Å². The molecule has 0 saturated heterocycles. The Morgan fingerprint density at radius 3 is 2.90 bits per heavy atom. The highest BCUT2D eigenvalue weighted by molar-refractivity contribution is 5.51. The first-order chi connectivity index (χ1) is 10.3. The summed E-state index contributed by atoms with van der Waals surface area (Å²) in [5.74, 6) is 0. The van der Waals surface area contributed by atoms with Crippen LogP contribution in [0.15, 0.2) is 42.7 Å². The van der Waals surface area contributed by atoms with Crippen LogP contribution in [-0.2, 0) is 11.3 Å². The molecule has 2 aromatic rings. The lowest BCUT2D eigenvalue weighted by Gasteiger charge is -2.21. The molecule has 1 heterocycles. The Balaban J connectivity index is 2.07. The number of rotatable bonds is 9. The van der Waals surface area contributed by atoms with E-state index in [1.165, 1.54) is 5.56 Å². The minimum absolute atomic E-state index is 0.275. The molecule has 1 unspecified atom stereocenters. The van der Waals surface area contributed by atoms with Crippen LogP contribution in [0.25, 0.3) is 0 Å². The average Bonchev–Trinajstić information content (AvgIpc) is 3.00. The van der Waals surface area contributed by atoms with Gasteiger partial charge in [0.15, 0.2) is 0 Å². The number of ether oxygens (including phenoxy) is 1. The molecule has 0 bridgehead atoms. The molecular weight excluding hydrogens is 264 g/mol. The number of aromatic nitrogens is 2. The van der Waals surface area contributed by atoms with Crippen LogP contribution in [0, 0.1) is 0 Å². The summed E-state index contributed by atoms with van der Waals surface area (Å²) in [7, 11) is 1.73. The lowest BCUT2D eigenvalue weighted by atomic mass is 10.1. The first kappa shape index (κ1) is 15.5. The van der Waals surface area contributed by atoms with Crippen molar-refractivity contribution < 1.29 is 4.74 Å². The molecule has 0 radical (unpaired) electrons. The van der Waals surface area contributed by atoms with E-state index in [2.05, 4.69) is 28.6 Å². The molecule has 1 aromatic carbocycles. The molecular formula is C16H24N4O. The molecule has 0 saturated carbocycles. The summed E-state index contributed by atoms with van der Waals surface area (Å²) in [5.41, 5.74) is 7.96. The van der Waals surface area contributed by atoms with E-state index in [0.29, 0.717) is 13.2 Å². The van der Waals surface area contributed by atoms with Gasteiger partial charge in [-0.3, -0.25) is 4.68 Å². The van der Waals surface area contributed by atoms with Crippen LogP contribution in [0.3, 0.4) is 0 Å². The van der Waals surface area contributed by atoms with Gasteiger partial charge in [0.25, 0.3) is 0 Å². The average molecular weight is 288 g/mol. The van der Waals surface area contributed by atoms with Crippen molar-refractivity contribution in [2.24, 2.45) is 5.73 Å². The molecule has 0 amide bonds. The molecule has 0 aliphatic heterocycles. The third kappa shape index (κ3) is 4.88. The Morgan fingerprint density at radius 1 is 1.33 bits per heavy atom. The fourth-order valence-corrected chi connectivity index (χ4v) is 2.35. The Kier molecular flexibility index (Phi) is 6.24. The van der Waals surface area contributed by atoms with Crippen molar-refractivity contribution in [3.8, 4) is 0 Å². The summed E-state index contributed by atoms with van der Waals surface area (Å²) in [6, 6.07) is 10.5. The van der Waals surface area contributed by atoms with Crippen molar-refractivity contribution in [2.75, 3.05) is 25.6 Å². The van der Waals surface area contributed by atoms with Gasteiger partial charge in [-0.15, -0.1) is 0 Å². The first-order valence-corrected chi connectivity index (χ1v) is 7.34. The first-order valence-electron chi connectivity index (χ1n) is 7.34. The minimum Gasteiger partial charge on any atom is -0.383 e. The molecule has 21 heavy (non-hydrogen) atoms. The molecule has 0 aliphatic carbocycles. The van der Waals surface area contributed by atoms with E-state index in [4.69, 9.17) is 10.5 Å². The predicted molar refractivity (Wildman–Crippen MR) is 85.3 cm³/mol. The number of methoxy groups -OCH3 is 1. The highest BCUT2D eigenvalue weighted by Crippen LogP contribution is 2.18. The summed E-state index contributed by atoms with van der Waals surface area (Å²) in [5, 5.41) is 7.84. The fourth-order valence-electron chi connectivity index (χ4n) is 2.35. The van der Waals surface area contributed by atoms with Gasteiger partial charge in [-0.2, -0.15) is 5.10 Å². The molecule has 5 heteroatoms. The molecule has 0 aliphatic rings. The smallest absolute Gasteiger partial charge is 0.0679 e. The molecule has 3 N–H and O–H groups in total. The Bertz CT molecular complexity index is 513. The fraction of sp³-hybridized carbons (Fsp3) is 0.438. The summed E-state index contributed by atoms with van der Waals surface area (Å²) < 4.78 is 7.22. The SMILES string of the molecule is COCC(CCCN)Nc1ccccc1Cn1cccn1.